The molecule has 0 saturated carbocycles. The highest BCUT2D eigenvalue weighted by atomic mass is 19.3. The molecule has 8 heteroatoms. The first-order valence-corrected chi connectivity index (χ1v) is 9.96. The summed E-state index contributed by atoms with van der Waals surface area (Å²) in [5, 5.41) is 3.01. The first kappa shape index (κ1) is 22.7. The van der Waals surface area contributed by atoms with Crippen LogP contribution in [0, 0.1) is 0 Å². The number of ether oxygens (including phenoxy) is 1. The van der Waals surface area contributed by atoms with Gasteiger partial charge in [0.1, 0.15) is 11.8 Å². The molecule has 6 nitrogen and oxygen atoms in total. The van der Waals surface area contributed by atoms with Crippen LogP contribution >= 0.6 is 0 Å². The molecule has 0 spiro atoms. The number of nitrogens with one attached hydrogen (secondary N) is 3. The molecule has 0 aromatic heterocycles. The van der Waals surface area contributed by atoms with Crippen LogP contribution in [0.4, 0.5) is 14.5 Å². The smallest absolute Gasteiger partial charge is 0.387 e. The zero-order valence-corrected chi connectivity index (χ0v) is 17.3. The molecule has 0 unspecified atom stereocenters. The van der Waals surface area contributed by atoms with Crippen molar-refractivity contribution in [1.29, 1.82) is 0 Å². The van der Waals surface area contributed by atoms with Gasteiger partial charge in [0.25, 0.3) is 11.8 Å². The number of halogens is 2. The lowest BCUT2D eigenvalue weighted by atomic mass is 10.0. The van der Waals surface area contributed by atoms with Crippen molar-refractivity contribution in [2.75, 3.05) is 5.32 Å². The Labute approximate surface area is 184 Å². The number of rotatable bonds is 8. The maximum atomic E-state index is 12.8. The van der Waals surface area contributed by atoms with Gasteiger partial charge in [-0.2, -0.15) is 8.78 Å². The standard InChI is InChI=1S/C24H23F2N3O3/c1-16(22(30)28-29-23(31)18-10-6-3-7-11-18)27-20-12-13-21(32-24(25)26)19(15-20)14-17-8-4-2-5-9-17/h2-13,15-16,24,27H,14H2,1H3,(H,28,30)(H,29,31)/t16-/m1/s1. The highest BCUT2D eigenvalue weighted by Crippen LogP contribution is 2.27. The molecule has 3 aromatic rings. The van der Waals surface area contributed by atoms with Gasteiger partial charge in [-0.1, -0.05) is 48.5 Å². The quantitative estimate of drug-likeness (QED) is 0.461. The van der Waals surface area contributed by atoms with Crippen LogP contribution in [0.15, 0.2) is 78.9 Å². The molecular formula is C24H23F2N3O3. The molecule has 166 valence electrons. The van der Waals surface area contributed by atoms with Gasteiger partial charge >= 0.3 is 6.61 Å². The number of amides is 2. The van der Waals surface area contributed by atoms with Gasteiger partial charge < -0.3 is 10.1 Å². The fraction of sp³-hybridized carbons (Fsp3) is 0.167. The molecule has 0 saturated heterocycles. The molecule has 1 atom stereocenters. The summed E-state index contributed by atoms with van der Waals surface area (Å²) in [5.41, 5.74) is 7.16. The molecule has 0 aliphatic carbocycles. The summed E-state index contributed by atoms with van der Waals surface area (Å²) in [4.78, 5) is 24.4. The maximum Gasteiger partial charge on any atom is 0.387 e. The summed E-state index contributed by atoms with van der Waals surface area (Å²) in [7, 11) is 0. The van der Waals surface area contributed by atoms with E-state index in [1.165, 1.54) is 6.07 Å². The third-order valence-corrected chi connectivity index (χ3v) is 4.63. The van der Waals surface area contributed by atoms with Crippen molar-refractivity contribution in [1.82, 2.24) is 10.9 Å². The molecule has 0 heterocycles. The fourth-order valence-electron chi connectivity index (χ4n) is 3.04. The third kappa shape index (κ3) is 6.53. The van der Waals surface area contributed by atoms with Crippen LogP contribution in [0.25, 0.3) is 0 Å². The number of benzene rings is 3. The molecule has 3 aromatic carbocycles. The number of carbonyl (C=O) groups excluding carboxylic acids is 2. The lowest BCUT2D eigenvalue weighted by Crippen LogP contribution is -2.47. The number of hydrogen-bond acceptors (Lipinski definition) is 4. The van der Waals surface area contributed by atoms with Gasteiger partial charge in [-0.25, -0.2) is 0 Å². The molecule has 3 rings (SSSR count). The largest absolute Gasteiger partial charge is 0.435 e. The van der Waals surface area contributed by atoms with Gasteiger partial charge in [0.2, 0.25) is 0 Å². The minimum Gasteiger partial charge on any atom is -0.435 e. The van der Waals surface area contributed by atoms with E-state index in [0.29, 0.717) is 23.2 Å². The van der Waals surface area contributed by atoms with Gasteiger partial charge in [0.05, 0.1) is 0 Å². The van der Waals surface area contributed by atoms with Gasteiger partial charge in [-0.05, 0) is 42.8 Å². The Morgan fingerprint density at radius 2 is 1.56 bits per heavy atom. The number of hydrazine groups is 1. The Kier molecular flexibility index (Phi) is 7.75. The lowest BCUT2D eigenvalue weighted by molar-refractivity contribution is -0.122. The van der Waals surface area contributed by atoms with Crippen molar-refractivity contribution in [3.63, 3.8) is 0 Å². The average molecular weight is 439 g/mol. The first-order valence-electron chi connectivity index (χ1n) is 9.96. The van der Waals surface area contributed by atoms with E-state index < -0.39 is 24.5 Å². The van der Waals surface area contributed by atoms with Gasteiger partial charge in [0, 0.05) is 23.2 Å². The Morgan fingerprint density at radius 1 is 0.906 bits per heavy atom. The van der Waals surface area contributed by atoms with Crippen molar-refractivity contribution < 1.29 is 23.1 Å². The Bertz CT molecular complexity index is 1050. The van der Waals surface area contributed by atoms with Crippen LogP contribution in [-0.4, -0.2) is 24.5 Å². The van der Waals surface area contributed by atoms with Crippen molar-refractivity contribution in [2.45, 2.75) is 26.0 Å². The molecule has 2 amide bonds. The van der Waals surface area contributed by atoms with E-state index in [1.54, 1.807) is 49.4 Å². The van der Waals surface area contributed by atoms with Crippen molar-refractivity contribution in [3.8, 4) is 5.75 Å². The fourth-order valence-corrected chi connectivity index (χ4v) is 3.04. The van der Waals surface area contributed by atoms with Crippen LogP contribution in [-0.2, 0) is 11.2 Å². The zero-order chi connectivity index (χ0) is 22.9. The van der Waals surface area contributed by atoms with Crippen LogP contribution in [0.3, 0.4) is 0 Å². The predicted molar refractivity (Wildman–Crippen MR) is 117 cm³/mol. The topological polar surface area (TPSA) is 79.5 Å². The van der Waals surface area contributed by atoms with E-state index in [9.17, 15) is 18.4 Å². The van der Waals surface area contributed by atoms with Gasteiger partial charge in [-0.3, -0.25) is 20.4 Å². The minimum atomic E-state index is -2.94. The molecule has 32 heavy (non-hydrogen) atoms. The van der Waals surface area contributed by atoms with Gasteiger partial charge in [0.15, 0.2) is 0 Å². The monoisotopic (exact) mass is 439 g/mol. The summed E-state index contributed by atoms with van der Waals surface area (Å²) in [6.07, 6.45) is 0.381. The summed E-state index contributed by atoms with van der Waals surface area (Å²) >= 11 is 0. The molecule has 0 radical (unpaired) electrons. The second kappa shape index (κ2) is 10.9. The number of alkyl halides is 2. The summed E-state index contributed by atoms with van der Waals surface area (Å²) in [6.45, 7) is -1.33. The summed E-state index contributed by atoms with van der Waals surface area (Å²) < 4.78 is 30.3. The zero-order valence-electron chi connectivity index (χ0n) is 17.3. The number of hydrogen-bond donors (Lipinski definition) is 3. The molecule has 0 fully saturated rings. The van der Waals surface area contributed by atoms with E-state index in [2.05, 4.69) is 20.9 Å². The SMILES string of the molecule is C[C@@H](Nc1ccc(OC(F)F)c(Cc2ccccc2)c1)C(=O)NNC(=O)c1ccccc1. The van der Waals surface area contributed by atoms with E-state index in [4.69, 9.17) is 0 Å². The van der Waals surface area contributed by atoms with Crippen LogP contribution in [0.2, 0.25) is 0 Å². The average Bonchev–Trinajstić information content (AvgIpc) is 2.80. The molecule has 0 aliphatic heterocycles. The second-order valence-electron chi connectivity index (χ2n) is 7.04. The lowest BCUT2D eigenvalue weighted by Gasteiger charge is -2.18. The molecule has 0 bridgehead atoms. The van der Waals surface area contributed by atoms with E-state index in [-0.39, 0.29) is 5.75 Å². The first-order chi connectivity index (χ1) is 15.4. The Balaban J connectivity index is 1.65. The highest BCUT2D eigenvalue weighted by Gasteiger charge is 2.16. The van der Waals surface area contributed by atoms with Crippen LogP contribution in [0.5, 0.6) is 5.75 Å². The van der Waals surface area contributed by atoms with Gasteiger partial charge in [-0.15, -0.1) is 0 Å². The normalized spacial score (nSPS) is 11.5. The Hall–Kier alpha value is -3.94. The number of carbonyl (C=O) groups is 2. The second-order valence-corrected chi connectivity index (χ2v) is 7.04. The van der Waals surface area contributed by atoms with Crippen molar-refractivity contribution in [2.24, 2.45) is 0 Å². The minimum absolute atomic E-state index is 0.0710. The number of anilines is 1. The van der Waals surface area contributed by atoms with E-state index >= 15 is 0 Å². The molecule has 0 aliphatic rings. The highest BCUT2D eigenvalue weighted by molar-refractivity contribution is 5.96. The molecular weight excluding hydrogens is 416 g/mol. The Morgan fingerprint density at radius 3 is 2.22 bits per heavy atom. The van der Waals surface area contributed by atoms with E-state index in [1.807, 2.05) is 30.3 Å². The van der Waals surface area contributed by atoms with E-state index in [0.717, 1.165) is 5.56 Å². The molecule has 3 N–H and O–H groups in total. The van der Waals surface area contributed by atoms with Crippen LogP contribution in [0.1, 0.15) is 28.4 Å². The van der Waals surface area contributed by atoms with Crippen molar-refractivity contribution in [3.05, 3.63) is 95.6 Å². The predicted octanol–water partition coefficient (Wildman–Crippen LogP) is 4.14. The van der Waals surface area contributed by atoms with Crippen LogP contribution < -0.4 is 20.9 Å². The van der Waals surface area contributed by atoms with Crippen molar-refractivity contribution >= 4 is 17.5 Å². The summed E-state index contributed by atoms with van der Waals surface area (Å²) in [6, 6.07) is 21.8. The third-order valence-electron chi connectivity index (χ3n) is 4.63. The maximum absolute atomic E-state index is 12.8. The summed E-state index contributed by atoms with van der Waals surface area (Å²) in [5.74, 6) is -0.835.